The highest BCUT2D eigenvalue weighted by molar-refractivity contribution is 7.99. The van der Waals surface area contributed by atoms with Gasteiger partial charge in [-0.2, -0.15) is 4.98 Å². The van der Waals surface area contributed by atoms with E-state index in [1.54, 1.807) is 0 Å². The largest absolute Gasteiger partial charge is 0.493 e. The van der Waals surface area contributed by atoms with Crippen LogP contribution < -0.4 is 10.9 Å². The van der Waals surface area contributed by atoms with Crippen molar-refractivity contribution in [3.05, 3.63) is 51.4 Å². The molecule has 1 aromatic carbocycles. The maximum Gasteiger partial charge on any atom is 0.260 e. The SMILES string of the molecule is CCC(C)Sc1nc(O)c(C2NCCc3c2[nH]c2ccccc32)c(=O)[nH]1. The Bertz CT molecular complexity index is 1010. The Kier molecular flexibility index (Phi) is 4.50. The van der Waals surface area contributed by atoms with Gasteiger partial charge in [0.1, 0.15) is 5.56 Å². The van der Waals surface area contributed by atoms with Gasteiger partial charge in [-0.3, -0.25) is 4.79 Å². The topological polar surface area (TPSA) is 93.8 Å². The van der Waals surface area contributed by atoms with E-state index < -0.39 is 6.04 Å². The molecule has 1 aliphatic heterocycles. The third-order valence-corrected chi connectivity index (χ3v) is 6.10. The molecule has 4 rings (SSSR count). The minimum atomic E-state index is -0.398. The van der Waals surface area contributed by atoms with Crippen LogP contribution in [0.25, 0.3) is 10.9 Å². The number of hydrogen-bond acceptors (Lipinski definition) is 5. The van der Waals surface area contributed by atoms with E-state index in [0.29, 0.717) is 10.4 Å². The summed E-state index contributed by atoms with van der Waals surface area (Å²) in [6.45, 7) is 4.88. The molecule has 0 bridgehead atoms. The minimum absolute atomic E-state index is 0.205. The molecular formula is C19H22N4O2S. The predicted molar refractivity (Wildman–Crippen MR) is 104 cm³/mol. The summed E-state index contributed by atoms with van der Waals surface area (Å²) in [7, 11) is 0. The molecule has 0 amide bonds. The number of H-pyrrole nitrogens is 2. The molecule has 2 atom stereocenters. The van der Waals surface area contributed by atoms with Crippen molar-refractivity contribution in [1.82, 2.24) is 20.3 Å². The first-order valence-corrected chi connectivity index (χ1v) is 9.79. The Balaban J connectivity index is 1.79. The number of nitrogens with one attached hydrogen (secondary N) is 3. The van der Waals surface area contributed by atoms with Gasteiger partial charge in [-0.25, -0.2) is 0 Å². The van der Waals surface area contributed by atoms with Crippen LogP contribution in [0.4, 0.5) is 0 Å². The highest BCUT2D eigenvalue weighted by atomic mass is 32.2. The maximum atomic E-state index is 12.7. The molecular weight excluding hydrogens is 348 g/mol. The van der Waals surface area contributed by atoms with Gasteiger partial charge in [0.15, 0.2) is 5.16 Å². The molecule has 136 valence electrons. The lowest BCUT2D eigenvalue weighted by molar-refractivity contribution is 0.421. The maximum absolute atomic E-state index is 12.7. The lowest BCUT2D eigenvalue weighted by atomic mass is 9.95. The molecule has 6 nitrogen and oxygen atoms in total. The second kappa shape index (κ2) is 6.81. The highest BCUT2D eigenvalue weighted by Crippen LogP contribution is 2.35. The van der Waals surface area contributed by atoms with Gasteiger partial charge in [0.05, 0.1) is 6.04 Å². The van der Waals surface area contributed by atoms with Crippen LogP contribution in [0, 0.1) is 0 Å². The van der Waals surface area contributed by atoms with Gasteiger partial charge in [-0.05, 0) is 24.5 Å². The fourth-order valence-electron chi connectivity index (χ4n) is 3.47. The van der Waals surface area contributed by atoms with Crippen molar-refractivity contribution < 1.29 is 5.11 Å². The van der Waals surface area contributed by atoms with E-state index in [9.17, 15) is 9.90 Å². The van der Waals surface area contributed by atoms with Crippen molar-refractivity contribution in [2.24, 2.45) is 0 Å². The molecule has 0 fully saturated rings. The van der Waals surface area contributed by atoms with Crippen molar-refractivity contribution in [2.45, 2.75) is 43.1 Å². The fourth-order valence-corrected chi connectivity index (χ4v) is 4.31. The van der Waals surface area contributed by atoms with E-state index in [0.717, 1.165) is 30.6 Å². The molecule has 0 spiro atoms. The van der Waals surface area contributed by atoms with Crippen LogP contribution in [0.5, 0.6) is 5.88 Å². The molecule has 1 aliphatic rings. The Labute approximate surface area is 155 Å². The van der Waals surface area contributed by atoms with Crippen LogP contribution in [0.15, 0.2) is 34.2 Å². The predicted octanol–water partition coefficient (Wildman–Crippen LogP) is 3.08. The summed E-state index contributed by atoms with van der Waals surface area (Å²) in [4.78, 5) is 23.2. The van der Waals surface area contributed by atoms with E-state index in [1.165, 1.54) is 22.7 Å². The van der Waals surface area contributed by atoms with E-state index in [-0.39, 0.29) is 17.0 Å². The summed E-state index contributed by atoms with van der Waals surface area (Å²) >= 11 is 1.46. The van der Waals surface area contributed by atoms with E-state index >= 15 is 0 Å². The molecule has 2 unspecified atom stereocenters. The van der Waals surface area contributed by atoms with Crippen molar-refractivity contribution in [3.8, 4) is 5.88 Å². The smallest absolute Gasteiger partial charge is 0.260 e. The van der Waals surface area contributed by atoms with Gasteiger partial charge in [-0.1, -0.05) is 43.8 Å². The number of rotatable bonds is 4. The summed E-state index contributed by atoms with van der Waals surface area (Å²) in [6.07, 6.45) is 1.84. The number of aromatic hydroxyl groups is 1. The molecule has 26 heavy (non-hydrogen) atoms. The number of hydrogen-bond donors (Lipinski definition) is 4. The lowest BCUT2D eigenvalue weighted by Gasteiger charge is -2.24. The number of para-hydroxylation sites is 1. The van der Waals surface area contributed by atoms with E-state index in [1.807, 2.05) is 18.2 Å². The number of aromatic amines is 2. The summed E-state index contributed by atoms with van der Waals surface area (Å²) in [5.41, 5.74) is 3.14. The Hall–Kier alpha value is -2.25. The van der Waals surface area contributed by atoms with Crippen LogP contribution in [-0.2, 0) is 6.42 Å². The summed E-state index contributed by atoms with van der Waals surface area (Å²) in [5, 5.41) is 15.8. The zero-order valence-corrected chi connectivity index (χ0v) is 15.6. The molecule has 7 heteroatoms. The first kappa shape index (κ1) is 17.2. The third-order valence-electron chi connectivity index (χ3n) is 4.95. The number of thioether (sulfide) groups is 1. The van der Waals surface area contributed by atoms with Crippen molar-refractivity contribution >= 4 is 22.7 Å². The number of benzene rings is 1. The van der Waals surface area contributed by atoms with Crippen LogP contribution >= 0.6 is 11.8 Å². The van der Waals surface area contributed by atoms with Gasteiger partial charge in [-0.15, -0.1) is 0 Å². The van der Waals surface area contributed by atoms with Gasteiger partial charge < -0.3 is 20.4 Å². The second-order valence-electron chi connectivity index (χ2n) is 6.65. The fraction of sp³-hybridized carbons (Fsp3) is 0.368. The van der Waals surface area contributed by atoms with Crippen LogP contribution in [-0.4, -0.2) is 31.9 Å². The summed E-state index contributed by atoms with van der Waals surface area (Å²) in [5.74, 6) is -0.205. The average molecular weight is 370 g/mol. The van der Waals surface area contributed by atoms with E-state index in [2.05, 4.69) is 40.2 Å². The van der Waals surface area contributed by atoms with Gasteiger partial charge >= 0.3 is 0 Å². The van der Waals surface area contributed by atoms with Crippen LogP contribution in [0.2, 0.25) is 0 Å². The second-order valence-corrected chi connectivity index (χ2v) is 8.07. The summed E-state index contributed by atoms with van der Waals surface area (Å²) in [6, 6.07) is 7.71. The number of nitrogens with zero attached hydrogens (tertiary/aromatic N) is 1. The first-order valence-electron chi connectivity index (χ1n) is 8.91. The molecule has 0 saturated carbocycles. The zero-order valence-electron chi connectivity index (χ0n) is 14.8. The molecule has 0 aliphatic carbocycles. The van der Waals surface area contributed by atoms with Gasteiger partial charge in [0.2, 0.25) is 5.88 Å². The molecule has 3 aromatic rings. The summed E-state index contributed by atoms with van der Waals surface area (Å²) < 4.78 is 0. The lowest BCUT2D eigenvalue weighted by Crippen LogP contribution is -2.34. The third kappa shape index (κ3) is 2.91. The molecule has 2 aromatic heterocycles. The van der Waals surface area contributed by atoms with Gasteiger partial charge in [0.25, 0.3) is 5.56 Å². The molecule has 0 radical (unpaired) electrons. The normalized spacial score (nSPS) is 18.0. The molecule has 4 N–H and O–H groups in total. The standard InChI is InChI=1S/C19H22N4O2S/c1-3-10(2)26-19-22-17(24)14(18(25)23-19)16-15-12(8-9-20-16)11-6-4-5-7-13(11)21-15/h4-7,10,16,20-21H,3,8-9H2,1-2H3,(H2,22,23,24,25). The van der Waals surface area contributed by atoms with Crippen LogP contribution in [0.3, 0.4) is 0 Å². The number of aromatic nitrogens is 3. The van der Waals surface area contributed by atoms with Crippen molar-refractivity contribution in [1.29, 1.82) is 0 Å². The highest BCUT2D eigenvalue weighted by Gasteiger charge is 2.30. The molecule has 0 saturated heterocycles. The minimum Gasteiger partial charge on any atom is -0.493 e. The first-order chi connectivity index (χ1) is 12.6. The van der Waals surface area contributed by atoms with Gasteiger partial charge in [0, 0.05) is 28.4 Å². The quantitative estimate of drug-likeness (QED) is 0.418. The monoisotopic (exact) mass is 370 g/mol. The Morgan fingerprint density at radius 2 is 2.15 bits per heavy atom. The zero-order chi connectivity index (χ0) is 18.3. The number of fused-ring (bicyclic) bond motifs is 3. The molecule has 3 heterocycles. The van der Waals surface area contributed by atoms with Crippen molar-refractivity contribution in [3.63, 3.8) is 0 Å². The van der Waals surface area contributed by atoms with E-state index in [4.69, 9.17) is 0 Å². The van der Waals surface area contributed by atoms with Crippen LogP contribution in [0.1, 0.15) is 43.1 Å². The Morgan fingerprint density at radius 1 is 1.35 bits per heavy atom. The van der Waals surface area contributed by atoms with Crippen molar-refractivity contribution in [2.75, 3.05) is 6.54 Å². The average Bonchev–Trinajstić information content (AvgIpc) is 3.00. The Morgan fingerprint density at radius 3 is 2.92 bits per heavy atom.